The van der Waals surface area contributed by atoms with Crippen molar-refractivity contribution >= 4 is 22.6 Å². The van der Waals surface area contributed by atoms with Crippen LogP contribution in [-0.2, 0) is 11.3 Å². The minimum absolute atomic E-state index is 0.159. The predicted molar refractivity (Wildman–Crippen MR) is 140 cm³/mol. The van der Waals surface area contributed by atoms with Crippen LogP contribution in [0.15, 0.2) is 103 Å². The first-order valence-corrected chi connectivity index (χ1v) is 11.8. The Morgan fingerprint density at radius 3 is 2.31 bits per heavy atom. The summed E-state index contributed by atoms with van der Waals surface area (Å²) in [6.07, 6.45) is 0. The summed E-state index contributed by atoms with van der Waals surface area (Å²) in [5.41, 5.74) is 4.20. The van der Waals surface area contributed by atoms with Crippen molar-refractivity contribution in [2.75, 3.05) is 6.61 Å². The molecule has 0 atom stereocenters. The van der Waals surface area contributed by atoms with Crippen LogP contribution in [0.25, 0.3) is 27.7 Å². The van der Waals surface area contributed by atoms with Gasteiger partial charge < -0.3 is 10.1 Å². The number of aromatic nitrogens is 2. The lowest BCUT2D eigenvalue weighted by Gasteiger charge is -2.10. The Kier molecular flexibility index (Phi) is 6.58. The number of benzene rings is 4. The van der Waals surface area contributed by atoms with Crippen molar-refractivity contribution in [1.82, 2.24) is 15.1 Å². The molecule has 5 rings (SSSR count). The van der Waals surface area contributed by atoms with Gasteiger partial charge in [0, 0.05) is 17.7 Å². The lowest BCUT2D eigenvalue weighted by molar-refractivity contribution is 0.0518. The van der Waals surface area contributed by atoms with Crippen LogP contribution in [0.4, 0.5) is 0 Å². The van der Waals surface area contributed by atoms with Gasteiger partial charge in [-0.1, -0.05) is 66.7 Å². The van der Waals surface area contributed by atoms with Crippen molar-refractivity contribution in [2.45, 2.75) is 13.5 Å². The zero-order valence-corrected chi connectivity index (χ0v) is 19.8. The highest BCUT2D eigenvalue weighted by atomic mass is 16.5. The minimum Gasteiger partial charge on any atom is -0.461 e. The maximum Gasteiger partial charge on any atom is 0.358 e. The largest absolute Gasteiger partial charge is 0.461 e. The molecule has 0 aliphatic carbocycles. The molecule has 6 nitrogen and oxygen atoms in total. The van der Waals surface area contributed by atoms with Crippen LogP contribution < -0.4 is 5.32 Å². The number of hydrogen-bond acceptors (Lipinski definition) is 4. The Hall–Kier alpha value is -4.71. The van der Waals surface area contributed by atoms with Gasteiger partial charge in [-0.15, -0.1) is 0 Å². The monoisotopic (exact) mass is 475 g/mol. The van der Waals surface area contributed by atoms with Gasteiger partial charge >= 0.3 is 5.97 Å². The number of rotatable bonds is 7. The van der Waals surface area contributed by atoms with Gasteiger partial charge in [0.15, 0.2) is 5.69 Å². The molecule has 36 heavy (non-hydrogen) atoms. The molecule has 0 unspecified atom stereocenters. The van der Waals surface area contributed by atoms with E-state index in [0.29, 0.717) is 12.1 Å². The third kappa shape index (κ3) is 4.88. The average Bonchev–Trinajstić information content (AvgIpc) is 3.38. The first kappa shape index (κ1) is 23.1. The molecule has 4 aromatic carbocycles. The number of nitrogens with one attached hydrogen (secondary N) is 1. The molecule has 0 saturated heterocycles. The van der Waals surface area contributed by atoms with Crippen molar-refractivity contribution in [3.05, 3.63) is 120 Å². The molecule has 0 fully saturated rings. The van der Waals surface area contributed by atoms with Crippen molar-refractivity contribution < 1.29 is 14.3 Å². The van der Waals surface area contributed by atoms with E-state index < -0.39 is 5.97 Å². The molecule has 1 aromatic heterocycles. The number of hydrogen-bond donors (Lipinski definition) is 1. The van der Waals surface area contributed by atoms with Crippen LogP contribution in [0.3, 0.4) is 0 Å². The van der Waals surface area contributed by atoms with E-state index in [1.54, 1.807) is 29.8 Å². The molecule has 5 aromatic rings. The summed E-state index contributed by atoms with van der Waals surface area (Å²) in [7, 11) is 0. The zero-order valence-electron chi connectivity index (χ0n) is 19.8. The predicted octanol–water partition coefficient (Wildman–Crippen LogP) is 5.80. The maximum absolute atomic E-state index is 12.6. The van der Waals surface area contributed by atoms with E-state index in [2.05, 4.69) is 28.6 Å². The van der Waals surface area contributed by atoms with Crippen LogP contribution in [0.5, 0.6) is 0 Å². The number of nitrogens with zero attached hydrogens (tertiary/aromatic N) is 2. The molecule has 0 spiro atoms. The quantitative estimate of drug-likeness (QED) is 0.302. The Morgan fingerprint density at radius 2 is 1.56 bits per heavy atom. The number of fused-ring (bicyclic) bond motifs is 1. The summed E-state index contributed by atoms with van der Waals surface area (Å²) in [6, 6.07) is 32.9. The van der Waals surface area contributed by atoms with Gasteiger partial charge in [-0.05, 0) is 59.7 Å². The van der Waals surface area contributed by atoms with Crippen LogP contribution >= 0.6 is 0 Å². The molecule has 1 heterocycles. The number of carbonyl (C=O) groups excluding carboxylic acids is 2. The zero-order chi connectivity index (χ0) is 24.9. The number of esters is 1. The van der Waals surface area contributed by atoms with Crippen LogP contribution in [0.1, 0.15) is 33.3 Å². The third-order valence-corrected chi connectivity index (χ3v) is 5.91. The second-order valence-electron chi connectivity index (χ2n) is 8.32. The normalized spacial score (nSPS) is 10.8. The van der Waals surface area contributed by atoms with Crippen LogP contribution in [-0.4, -0.2) is 28.3 Å². The molecular weight excluding hydrogens is 450 g/mol. The van der Waals surface area contributed by atoms with E-state index in [1.165, 1.54) is 0 Å². The van der Waals surface area contributed by atoms with E-state index in [-0.39, 0.29) is 18.2 Å². The highest BCUT2D eigenvalue weighted by Gasteiger charge is 2.18. The average molecular weight is 476 g/mol. The van der Waals surface area contributed by atoms with Gasteiger partial charge in [-0.3, -0.25) is 4.79 Å². The van der Waals surface area contributed by atoms with E-state index in [0.717, 1.165) is 33.3 Å². The lowest BCUT2D eigenvalue weighted by atomic mass is 10.0. The first-order valence-electron chi connectivity index (χ1n) is 11.8. The Bertz CT molecular complexity index is 1520. The summed E-state index contributed by atoms with van der Waals surface area (Å²) in [4.78, 5) is 25.1. The summed E-state index contributed by atoms with van der Waals surface area (Å²) in [5, 5.41) is 9.70. The fourth-order valence-electron chi connectivity index (χ4n) is 4.07. The Labute approximate surface area is 209 Å². The maximum atomic E-state index is 12.6. The van der Waals surface area contributed by atoms with E-state index >= 15 is 0 Å². The van der Waals surface area contributed by atoms with Crippen LogP contribution in [0, 0.1) is 0 Å². The molecule has 0 radical (unpaired) electrons. The molecule has 6 heteroatoms. The van der Waals surface area contributed by atoms with Crippen molar-refractivity contribution in [3.63, 3.8) is 0 Å². The first-order chi connectivity index (χ1) is 17.6. The summed E-state index contributed by atoms with van der Waals surface area (Å²) in [6.45, 7) is 2.49. The van der Waals surface area contributed by atoms with Crippen LogP contribution in [0.2, 0.25) is 0 Å². The highest BCUT2D eigenvalue weighted by molar-refractivity contribution is 5.94. The highest BCUT2D eigenvalue weighted by Crippen LogP contribution is 2.28. The van der Waals surface area contributed by atoms with Crippen molar-refractivity contribution in [2.24, 2.45) is 0 Å². The molecule has 0 bridgehead atoms. The number of ether oxygens (including phenoxy) is 1. The molecule has 1 N–H and O–H groups in total. The van der Waals surface area contributed by atoms with E-state index in [4.69, 9.17) is 4.74 Å². The number of amides is 1. The van der Waals surface area contributed by atoms with E-state index in [9.17, 15) is 9.59 Å². The van der Waals surface area contributed by atoms with Gasteiger partial charge in [0.1, 0.15) is 0 Å². The SMILES string of the molecule is CCOC(=O)c1cc(-c2ccc3ccccc3c2)n(-c2ccc(C(=O)NCc3ccccc3)cc2)n1. The van der Waals surface area contributed by atoms with Gasteiger partial charge in [0.25, 0.3) is 5.91 Å². The Morgan fingerprint density at radius 1 is 0.833 bits per heavy atom. The molecule has 178 valence electrons. The van der Waals surface area contributed by atoms with Crippen molar-refractivity contribution in [3.8, 4) is 16.9 Å². The fourth-order valence-corrected chi connectivity index (χ4v) is 4.07. The molecule has 0 saturated carbocycles. The third-order valence-electron chi connectivity index (χ3n) is 5.91. The molecule has 0 aliphatic rings. The van der Waals surface area contributed by atoms with Gasteiger partial charge in [-0.2, -0.15) is 5.10 Å². The molecule has 0 aliphatic heterocycles. The van der Waals surface area contributed by atoms with Gasteiger partial charge in [0.05, 0.1) is 18.0 Å². The topological polar surface area (TPSA) is 73.2 Å². The number of carbonyl (C=O) groups is 2. The minimum atomic E-state index is -0.477. The smallest absolute Gasteiger partial charge is 0.358 e. The van der Waals surface area contributed by atoms with Gasteiger partial charge in [0.2, 0.25) is 0 Å². The van der Waals surface area contributed by atoms with E-state index in [1.807, 2.05) is 66.7 Å². The summed E-state index contributed by atoms with van der Waals surface area (Å²) < 4.78 is 6.89. The molecule has 1 amide bonds. The Balaban J connectivity index is 1.46. The second kappa shape index (κ2) is 10.3. The fraction of sp³-hybridized carbons (Fsp3) is 0.100. The molecular formula is C30H25N3O3. The second-order valence-corrected chi connectivity index (χ2v) is 8.32. The standard InChI is InChI=1S/C30H25N3O3/c1-2-36-30(35)27-19-28(25-13-12-22-10-6-7-11-24(22)18-25)33(32-27)26-16-14-23(15-17-26)29(34)31-20-21-8-4-3-5-9-21/h3-19H,2,20H2,1H3,(H,31,34). The van der Waals surface area contributed by atoms with Crippen molar-refractivity contribution in [1.29, 1.82) is 0 Å². The summed E-state index contributed by atoms with van der Waals surface area (Å²) >= 11 is 0. The lowest BCUT2D eigenvalue weighted by Crippen LogP contribution is -2.22. The van der Waals surface area contributed by atoms with Gasteiger partial charge in [-0.25, -0.2) is 9.48 Å². The summed E-state index contributed by atoms with van der Waals surface area (Å²) in [5.74, 6) is -0.636.